The van der Waals surface area contributed by atoms with Crippen LogP contribution in [0.1, 0.15) is 12.0 Å². The highest BCUT2D eigenvalue weighted by molar-refractivity contribution is 5.75. The maximum absolute atomic E-state index is 11.3. The lowest BCUT2D eigenvalue weighted by Gasteiger charge is -2.17. The van der Waals surface area contributed by atoms with Gasteiger partial charge in [0.2, 0.25) is 0 Å². The van der Waals surface area contributed by atoms with Crippen molar-refractivity contribution < 1.29 is 4.92 Å². The zero-order chi connectivity index (χ0) is 17.4. The average molecular weight is 328 g/mol. The highest BCUT2D eigenvalue weighted by Crippen LogP contribution is 2.32. The van der Waals surface area contributed by atoms with Crippen LogP contribution in [0.15, 0.2) is 48.5 Å². The molecule has 0 aliphatic rings. The first-order chi connectivity index (χ1) is 11.6. The van der Waals surface area contributed by atoms with Gasteiger partial charge in [0.25, 0.3) is 0 Å². The Labute approximate surface area is 142 Å². The normalized spacial score (nSPS) is 10.6. The minimum absolute atomic E-state index is 0.0950. The molecule has 0 aliphatic heterocycles. The third-order valence-corrected chi connectivity index (χ3v) is 3.82. The molecule has 6 nitrogen and oxygen atoms in total. The van der Waals surface area contributed by atoms with E-state index in [0.717, 1.165) is 19.5 Å². The molecule has 6 heteroatoms. The van der Waals surface area contributed by atoms with Gasteiger partial charge < -0.3 is 15.5 Å². The van der Waals surface area contributed by atoms with E-state index < -0.39 is 0 Å². The van der Waals surface area contributed by atoms with E-state index in [9.17, 15) is 10.1 Å². The summed E-state index contributed by atoms with van der Waals surface area (Å²) in [6.45, 7) is 2.50. The quantitative estimate of drug-likeness (QED) is 0.418. The summed E-state index contributed by atoms with van der Waals surface area (Å²) < 4.78 is 0. The fraction of sp³-hybridized carbons (Fsp3) is 0.333. The number of nitrogens with zero attached hydrogens (tertiary/aromatic N) is 2. The van der Waals surface area contributed by atoms with Gasteiger partial charge in [-0.15, -0.1) is 0 Å². The summed E-state index contributed by atoms with van der Waals surface area (Å²) >= 11 is 0. The van der Waals surface area contributed by atoms with Crippen LogP contribution in [-0.2, 0) is 6.54 Å². The molecule has 0 atom stereocenters. The molecule has 2 N–H and O–H groups in total. The van der Waals surface area contributed by atoms with Gasteiger partial charge in [0.05, 0.1) is 4.92 Å². The van der Waals surface area contributed by atoms with E-state index >= 15 is 0 Å². The molecule has 0 bridgehead atoms. The average Bonchev–Trinajstić information content (AvgIpc) is 2.59. The lowest BCUT2D eigenvalue weighted by atomic mass is 10.2. The summed E-state index contributed by atoms with van der Waals surface area (Å²) in [5.74, 6) is 0. The Balaban J connectivity index is 1.83. The monoisotopic (exact) mass is 328 g/mol. The number of para-hydroxylation sites is 1. The van der Waals surface area contributed by atoms with Crippen LogP contribution in [-0.4, -0.2) is 37.0 Å². The van der Waals surface area contributed by atoms with Crippen LogP contribution in [0.5, 0.6) is 0 Å². The summed E-state index contributed by atoms with van der Waals surface area (Å²) in [7, 11) is 3.77. The molecule has 2 aromatic rings. The molecule has 0 heterocycles. The molecule has 0 saturated heterocycles. The van der Waals surface area contributed by atoms with Crippen LogP contribution < -0.4 is 10.6 Å². The number of benzene rings is 2. The Hall–Kier alpha value is -2.60. The fourth-order valence-electron chi connectivity index (χ4n) is 2.63. The third kappa shape index (κ3) is 4.96. The van der Waals surface area contributed by atoms with Gasteiger partial charge in [-0.1, -0.05) is 36.4 Å². The molecule has 24 heavy (non-hydrogen) atoms. The first kappa shape index (κ1) is 17.7. The van der Waals surface area contributed by atoms with Gasteiger partial charge in [0.15, 0.2) is 0 Å². The van der Waals surface area contributed by atoms with Crippen LogP contribution in [0.3, 0.4) is 0 Å². The molecular formula is C18H24N4O2. The van der Waals surface area contributed by atoms with Gasteiger partial charge >= 0.3 is 5.69 Å². The molecule has 0 fully saturated rings. The van der Waals surface area contributed by atoms with Crippen LogP contribution >= 0.6 is 0 Å². The molecule has 0 radical (unpaired) electrons. The van der Waals surface area contributed by atoms with Crippen molar-refractivity contribution in [2.45, 2.75) is 13.0 Å². The van der Waals surface area contributed by atoms with Crippen molar-refractivity contribution >= 4 is 17.1 Å². The van der Waals surface area contributed by atoms with Crippen molar-refractivity contribution in [2.75, 3.05) is 37.8 Å². The maximum Gasteiger partial charge on any atom is 0.315 e. The van der Waals surface area contributed by atoms with Crippen LogP contribution in [0.25, 0.3) is 0 Å². The van der Waals surface area contributed by atoms with Crippen molar-refractivity contribution in [2.24, 2.45) is 0 Å². The SMILES string of the molecule is CNc1cccc(NCCCN(C)Cc2ccccc2)c1[N+](=O)[O-]. The second kappa shape index (κ2) is 8.88. The Morgan fingerprint density at radius 3 is 2.46 bits per heavy atom. The molecule has 0 aliphatic carbocycles. The first-order valence-electron chi connectivity index (χ1n) is 8.03. The molecule has 2 aromatic carbocycles. The number of nitro benzene ring substituents is 1. The number of hydrogen-bond acceptors (Lipinski definition) is 5. The second-order valence-electron chi connectivity index (χ2n) is 5.71. The topological polar surface area (TPSA) is 70.4 Å². The van der Waals surface area contributed by atoms with Gasteiger partial charge in [-0.2, -0.15) is 0 Å². The minimum Gasteiger partial charge on any atom is -0.382 e. The molecule has 2 rings (SSSR count). The van der Waals surface area contributed by atoms with Crippen molar-refractivity contribution in [3.8, 4) is 0 Å². The standard InChI is InChI=1S/C18H24N4O2/c1-19-16-10-6-11-17(18(16)22(23)24)20-12-7-13-21(2)14-15-8-4-3-5-9-15/h3-6,8-11,19-20H,7,12-14H2,1-2H3. The largest absolute Gasteiger partial charge is 0.382 e. The fourth-order valence-corrected chi connectivity index (χ4v) is 2.63. The van der Waals surface area contributed by atoms with E-state index in [4.69, 9.17) is 0 Å². The highest BCUT2D eigenvalue weighted by Gasteiger charge is 2.18. The van der Waals surface area contributed by atoms with Crippen molar-refractivity contribution in [3.05, 3.63) is 64.2 Å². The Morgan fingerprint density at radius 1 is 1.08 bits per heavy atom. The Bertz CT molecular complexity index is 661. The smallest absolute Gasteiger partial charge is 0.315 e. The first-order valence-corrected chi connectivity index (χ1v) is 8.03. The van der Waals surface area contributed by atoms with E-state index in [1.165, 1.54) is 5.56 Å². The van der Waals surface area contributed by atoms with Crippen LogP contribution in [0.4, 0.5) is 17.1 Å². The van der Waals surface area contributed by atoms with Gasteiger partial charge in [0.1, 0.15) is 11.4 Å². The molecule has 0 aromatic heterocycles. The number of nitro groups is 1. The second-order valence-corrected chi connectivity index (χ2v) is 5.71. The molecular weight excluding hydrogens is 304 g/mol. The van der Waals surface area contributed by atoms with Gasteiger partial charge in [0, 0.05) is 20.1 Å². The van der Waals surface area contributed by atoms with Crippen LogP contribution in [0.2, 0.25) is 0 Å². The van der Waals surface area contributed by atoms with E-state index in [1.807, 2.05) is 24.3 Å². The van der Waals surface area contributed by atoms with Crippen molar-refractivity contribution in [1.82, 2.24) is 4.90 Å². The zero-order valence-electron chi connectivity index (χ0n) is 14.2. The number of hydrogen-bond donors (Lipinski definition) is 2. The predicted molar refractivity (Wildman–Crippen MR) is 98.5 cm³/mol. The number of nitrogens with one attached hydrogen (secondary N) is 2. The molecule has 128 valence electrons. The molecule has 0 unspecified atom stereocenters. The van der Waals surface area contributed by atoms with Crippen LogP contribution in [0, 0.1) is 10.1 Å². The highest BCUT2D eigenvalue weighted by atomic mass is 16.6. The lowest BCUT2D eigenvalue weighted by molar-refractivity contribution is -0.383. The van der Waals surface area contributed by atoms with E-state index in [-0.39, 0.29) is 10.6 Å². The Morgan fingerprint density at radius 2 is 1.79 bits per heavy atom. The predicted octanol–water partition coefficient (Wildman–Crippen LogP) is 3.57. The summed E-state index contributed by atoms with van der Waals surface area (Å²) in [5.41, 5.74) is 2.45. The summed E-state index contributed by atoms with van der Waals surface area (Å²) in [5, 5.41) is 17.3. The van der Waals surface area contributed by atoms with E-state index in [2.05, 4.69) is 34.7 Å². The van der Waals surface area contributed by atoms with E-state index in [0.29, 0.717) is 17.9 Å². The maximum atomic E-state index is 11.3. The number of rotatable bonds is 9. The summed E-state index contributed by atoms with van der Waals surface area (Å²) in [4.78, 5) is 13.2. The van der Waals surface area contributed by atoms with Gasteiger partial charge in [-0.25, -0.2) is 0 Å². The van der Waals surface area contributed by atoms with E-state index in [1.54, 1.807) is 19.2 Å². The minimum atomic E-state index is -0.351. The van der Waals surface area contributed by atoms with Gasteiger partial charge in [-0.05, 0) is 37.7 Å². The summed E-state index contributed by atoms with van der Waals surface area (Å²) in [6, 6.07) is 15.6. The lowest BCUT2D eigenvalue weighted by Crippen LogP contribution is -2.21. The number of anilines is 2. The molecule has 0 amide bonds. The third-order valence-electron chi connectivity index (χ3n) is 3.82. The van der Waals surface area contributed by atoms with Crippen molar-refractivity contribution in [1.29, 1.82) is 0 Å². The summed E-state index contributed by atoms with van der Waals surface area (Å²) in [6.07, 6.45) is 0.907. The zero-order valence-corrected chi connectivity index (χ0v) is 14.2. The van der Waals surface area contributed by atoms with Crippen molar-refractivity contribution in [3.63, 3.8) is 0 Å². The Kier molecular flexibility index (Phi) is 6.57. The van der Waals surface area contributed by atoms with Gasteiger partial charge in [-0.3, -0.25) is 10.1 Å². The molecule has 0 spiro atoms. The molecule has 0 saturated carbocycles.